The van der Waals surface area contributed by atoms with E-state index >= 15 is 0 Å². The summed E-state index contributed by atoms with van der Waals surface area (Å²) in [5.74, 6) is 0.208. The molecule has 2 N–H and O–H groups in total. The molecule has 3 aromatic heterocycles. The summed E-state index contributed by atoms with van der Waals surface area (Å²) in [5.41, 5.74) is 7.55. The smallest absolute Gasteiger partial charge is 0.164 e. The summed E-state index contributed by atoms with van der Waals surface area (Å²) in [5, 5.41) is 18.8. The Hall–Kier alpha value is -4.23. The molecule has 2 bridgehead atoms. The summed E-state index contributed by atoms with van der Waals surface area (Å²) in [7, 11) is 0. The van der Waals surface area contributed by atoms with Crippen molar-refractivity contribution in [3.63, 3.8) is 0 Å². The van der Waals surface area contributed by atoms with Gasteiger partial charge in [-0.25, -0.2) is 9.50 Å². The second kappa shape index (κ2) is 7.92. The predicted octanol–water partition coefficient (Wildman–Crippen LogP) is 4.38. The summed E-state index contributed by atoms with van der Waals surface area (Å²) in [6.07, 6.45) is 6.59. The second-order valence-corrected chi connectivity index (χ2v) is 9.27. The van der Waals surface area contributed by atoms with E-state index in [1.54, 1.807) is 24.5 Å². The van der Waals surface area contributed by atoms with E-state index in [9.17, 15) is 5.11 Å². The van der Waals surface area contributed by atoms with Crippen LogP contribution in [0.5, 0.6) is 5.75 Å². The summed E-state index contributed by atoms with van der Waals surface area (Å²) in [6, 6.07) is 23.1. The number of benzene rings is 2. The van der Waals surface area contributed by atoms with Crippen molar-refractivity contribution in [1.29, 1.82) is 0 Å². The van der Waals surface area contributed by atoms with Crippen molar-refractivity contribution in [3.8, 4) is 39.4 Å². The fourth-order valence-corrected chi connectivity index (χ4v) is 5.50. The average Bonchev–Trinajstić information content (AvgIpc) is 3.64. The van der Waals surface area contributed by atoms with E-state index in [4.69, 9.17) is 10.1 Å². The Labute approximate surface area is 202 Å². The van der Waals surface area contributed by atoms with Crippen LogP contribution in [0.2, 0.25) is 0 Å². The Kier molecular flexibility index (Phi) is 4.57. The molecule has 7 heteroatoms. The quantitative estimate of drug-likeness (QED) is 0.414. The van der Waals surface area contributed by atoms with Crippen LogP contribution >= 0.6 is 0 Å². The monoisotopic (exact) mass is 460 g/mol. The lowest BCUT2D eigenvalue weighted by molar-refractivity contribution is 0.475. The zero-order chi connectivity index (χ0) is 23.4. The molecule has 7 nitrogen and oxygen atoms in total. The van der Waals surface area contributed by atoms with Gasteiger partial charge >= 0.3 is 0 Å². The largest absolute Gasteiger partial charge is 0.508 e. The lowest BCUT2D eigenvalue weighted by Crippen LogP contribution is -2.43. The van der Waals surface area contributed by atoms with E-state index in [0.29, 0.717) is 12.1 Å². The molecule has 0 saturated carbocycles. The van der Waals surface area contributed by atoms with Gasteiger partial charge in [-0.1, -0.05) is 24.3 Å². The number of anilines is 1. The van der Waals surface area contributed by atoms with Gasteiger partial charge in [0.1, 0.15) is 11.4 Å². The molecule has 2 fully saturated rings. The number of hydrogen-bond donors (Lipinski definition) is 2. The number of nitrogens with one attached hydrogen (secondary N) is 1. The Bertz CT molecular complexity index is 1530. The lowest BCUT2D eigenvalue weighted by Gasteiger charge is -2.29. The topological polar surface area (TPSA) is 78.6 Å². The lowest BCUT2D eigenvalue weighted by atomic mass is 10.0. The minimum absolute atomic E-state index is 0.208. The highest BCUT2D eigenvalue weighted by Crippen LogP contribution is 2.37. The van der Waals surface area contributed by atoms with Crippen LogP contribution in [0.3, 0.4) is 0 Å². The fourth-order valence-electron chi connectivity index (χ4n) is 5.50. The van der Waals surface area contributed by atoms with Crippen LogP contribution in [-0.2, 0) is 0 Å². The molecule has 0 amide bonds. The molecular formula is C28H24N6O. The first-order chi connectivity index (χ1) is 17.2. The third-order valence-corrected chi connectivity index (χ3v) is 7.16. The Morgan fingerprint density at radius 1 is 0.886 bits per heavy atom. The number of rotatable bonds is 4. The number of piperazine rings is 1. The van der Waals surface area contributed by atoms with Gasteiger partial charge in [0.05, 0.1) is 11.3 Å². The maximum atomic E-state index is 10.2. The summed E-state index contributed by atoms with van der Waals surface area (Å²) < 4.78 is 1.91. The van der Waals surface area contributed by atoms with Crippen LogP contribution in [0.15, 0.2) is 85.3 Å². The second-order valence-electron chi connectivity index (χ2n) is 9.27. The molecule has 2 saturated heterocycles. The molecule has 2 aromatic carbocycles. The molecule has 5 aromatic rings. The zero-order valence-corrected chi connectivity index (χ0v) is 19.0. The minimum atomic E-state index is 0.208. The van der Waals surface area contributed by atoms with Crippen molar-refractivity contribution in [2.75, 3.05) is 18.0 Å². The van der Waals surface area contributed by atoms with E-state index in [-0.39, 0.29) is 5.75 Å². The van der Waals surface area contributed by atoms with Crippen LogP contribution < -0.4 is 10.2 Å². The molecule has 7 rings (SSSR count). The summed E-state index contributed by atoms with van der Waals surface area (Å²) in [4.78, 5) is 11.4. The highest BCUT2D eigenvalue weighted by atomic mass is 16.3. The van der Waals surface area contributed by atoms with E-state index in [2.05, 4.69) is 39.5 Å². The van der Waals surface area contributed by atoms with E-state index in [1.165, 1.54) is 12.1 Å². The SMILES string of the molecule is Oc1cccc(-c2c(-c3ccncc3)nn3c(-c4ccc(N5C[C@H]6C[C@@H]5CN6)cc4)ccnc23)c1. The number of aromatic hydroxyl groups is 1. The number of phenols is 1. The predicted molar refractivity (Wildman–Crippen MR) is 136 cm³/mol. The van der Waals surface area contributed by atoms with Gasteiger partial charge in [-0.05, 0) is 54.4 Å². The van der Waals surface area contributed by atoms with Gasteiger partial charge in [-0.2, -0.15) is 5.10 Å². The third-order valence-electron chi connectivity index (χ3n) is 7.16. The van der Waals surface area contributed by atoms with Crippen LogP contribution in [0.1, 0.15) is 6.42 Å². The fraction of sp³-hybridized carbons (Fsp3) is 0.179. The van der Waals surface area contributed by atoms with Gasteiger partial charge in [0, 0.05) is 60.6 Å². The first-order valence-corrected chi connectivity index (χ1v) is 11.9. The average molecular weight is 461 g/mol. The van der Waals surface area contributed by atoms with Crippen LogP contribution in [0.25, 0.3) is 39.3 Å². The van der Waals surface area contributed by atoms with Crippen molar-refractivity contribution in [2.24, 2.45) is 0 Å². The maximum Gasteiger partial charge on any atom is 0.164 e. The van der Waals surface area contributed by atoms with Crippen molar-refractivity contribution >= 4 is 11.3 Å². The Balaban J connectivity index is 1.37. The van der Waals surface area contributed by atoms with Crippen LogP contribution in [0.4, 0.5) is 5.69 Å². The van der Waals surface area contributed by atoms with E-state index in [1.807, 2.05) is 41.0 Å². The first kappa shape index (κ1) is 20.2. The molecule has 5 heterocycles. The van der Waals surface area contributed by atoms with Crippen molar-refractivity contribution in [2.45, 2.75) is 18.5 Å². The van der Waals surface area contributed by atoms with Crippen molar-refractivity contribution < 1.29 is 5.11 Å². The molecular weight excluding hydrogens is 436 g/mol. The van der Waals surface area contributed by atoms with E-state index < -0.39 is 0 Å². The van der Waals surface area contributed by atoms with E-state index in [0.717, 1.165) is 52.4 Å². The van der Waals surface area contributed by atoms with Crippen molar-refractivity contribution in [1.82, 2.24) is 24.9 Å². The third kappa shape index (κ3) is 3.35. The molecule has 0 spiro atoms. The minimum Gasteiger partial charge on any atom is -0.508 e. The molecule has 0 radical (unpaired) electrons. The molecule has 172 valence electrons. The molecule has 2 aliphatic heterocycles. The molecule has 0 aliphatic carbocycles. The highest BCUT2D eigenvalue weighted by Gasteiger charge is 2.37. The zero-order valence-electron chi connectivity index (χ0n) is 19.0. The first-order valence-electron chi connectivity index (χ1n) is 11.9. The van der Waals surface area contributed by atoms with Crippen LogP contribution in [-0.4, -0.2) is 49.9 Å². The van der Waals surface area contributed by atoms with Gasteiger partial charge in [-0.15, -0.1) is 0 Å². The summed E-state index contributed by atoms with van der Waals surface area (Å²) >= 11 is 0. The number of phenolic OH excluding ortho intramolecular Hbond substituents is 1. The molecule has 0 unspecified atom stereocenters. The molecule has 2 atom stereocenters. The number of fused-ring (bicyclic) bond motifs is 3. The Morgan fingerprint density at radius 3 is 2.49 bits per heavy atom. The Morgan fingerprint density at radius 2 is 1.74 bits per heavy atom. The molecule has 2 aliphatic rings. The number of hydrogen-bond acceptors (Lipinski definition) is 6. The summed E-state index contributed by atoms with van der Waals surface area (Å²) in [6.45, 7) is 2.14. The van der Waals surface area contributed by atoms with Gasteiger partial charge < -0.3 is 15.3 Å². The standard InChI is InChI=1S/C28H24N6O/c35-24-3-1-2-20(14-24)26-27(19-8-11-29-12-9-19)32-34-25(10-13-30-28(26)34)18-4-6-22(7-5-18)33-17-21-15-23(33)16-31-21/h1-14,21,23,31,35H,15-17H2/t21-,23-/m1/s1. The number of pyridine rings is 1. The number of nitrogens with zero attached hydrogens (tertiary/aromatic N) is 5. The van der Waals surface area contributed by atoms with Gasteiger partial charge in [0.25, 0.3) is 0 Å². The maximum absolute atomic E-state index is 10.2. The highest BCUT2D eigenvalue weighted by molar-refractivity contribution is 5.91. The molecule has 35 heavy (non-hydrogen) atoms. The number of aromatic nitrogens is 4. The normalized spacial score (nSPS) is 19.0. The van der Waals surface area contributed by atoms with Crippen LogP contribution in [0, 0.1) is 0 Å². The van der Waals surface area contributed by atoms with Gasteiger partial charge in [-0.3, -0.25) is 4.98 Å². The van der Waals surface area contributed by atoms with Gasteiger partial charge in [0.2, 0.25) is 0 Å². The van der Waals surface area contributed by atoms with Crippen molar-refractivity contribution in [3.05, 3.63) is 85.3 Å². The van der Waals surface area contributed by atoms with Gasteiger partial charge in [0.15, 0.2) is 5.65 Å².